The van der Waals surface area contributed by atoms with Crippen LogP contribution in [-0.4, -0.2) is 47.5 Å². The molecule has 2 atom stereocenters. The fraction of sp³-hybridized carbons (Fsp3) is 0.500. The third kappa shape index (κ3) is 5.62. The first-order chi connectivity index (χ1) is 11.9. The highest BCUT2D eigenvalue weighted by molar-refractivity contribution is 5.85. The second kappa shape index (κ2) is 10.0. The highest BCUT2D eigenvalue weighted by atomic mass is 35.5. The number of nitrogens with one attached hydrogen (secondary N) is 1. The summed E-state index contributed by atoms with van der Waals surface area (Å²) in [7, 11) is 0. The van der Waals surface area contributed by atoms with Crippen LogP contribution in [0.15, 0.2) is 24.3 Å². The third-order valence-corrected chi connectivity index (χ3v) is 4.24. The van der Waals surface area contributed by atoms with Crippen LogP contribution in [0.2, 0.25) is 0 Å². The van der Waals surface area contributed by atoms with Crippen molar-refractivity contribution >= 4 is 30.2 Å². The van der Waals surface area contributed by atoms with Crippen LogP contribution in [0.3, 0.4) is 0 Å². The number of rotatable bonds is 7. The molecule has 144 valence electrons. The fourth-order valence-corrected chi connectivity index (χ4v) is 3.03. The molecule has 0 spiro atoms. The first kappa shape index (κ1) is 21.8. The topological polar surface area (TPSA) is 95.9 Å². The molecule has 2 rings (SSSR count). The van der Waals surface area contributed by atoms with E-state index in [9.17, 15) is 14.4 Å². The predicted molar refractivity (Wildman–Crippen MR) is 98.4 cm³/mol. The molecule has 2 amide bonds. The molecule has 0 bridgehead atoms. The average molecular weight is 385 g/mol. The number of amides is 2. The van der Waals surface area contributed by atoms with Gasteiger partial charge in [0.1, 0.15) is 5.75 Å². The van der Waals surface area contributed by atoms with Crippen molar-refractivity contribution in [1.29, 1.82) is 0 Å². The highest BCUT2D eigenvalue weighted by Crippen LogP contribution is 2.29. The number of carboxylic acids is 1. The van der Waals surface area contributed by atoms with Crippen molar-refractivity contribution in [3.05, 3.63) is 29.8 Å². The number of likely N-dealkylation sites (tertiary alicyclic amines) is 1. The van der Waals surface area contributed by atoms with Gasteiger partial charge in [-0.25, -0.2) is 0 Å². The summed E-state index contributed by atoms with van der Waals surface area (Å²) in [5, 5.41) is 11.9. The zero-order chi connectivity index (χ0) is 18.4. The summed E-state index contributed by atoms with van der Waals surface area (Å²) < 4.78 is 5.60. The summed E-state index contributed by atoms with van der Waals surface area (Å²) in [5.74, 6) is -1.18. The van der Waals surface area contributed by atoms with E-state index in [-0.39, 0.29) is 37.2 Å². The number of carboxylic acid groups (broad SMARTS) is 1. The van der Waals surface area contributed by atoms with Gasteiger partial charge in [0.2, 0.25) is 11.8 Å². The zero-order valence-electron chi connectivity index (χ0n) is 14.9. The Labute approximate surface area is 159 Å². The van der Waals surface area contributed by atoms with Crippen LogP contribution in [0.1, 0.15) is 38.3 Å². The third-order valence-electron chi connectivity index (χ3n) is 4.24. The Kier molecular flexibility index (Phi) is 8.38. The van der Waals surface area contributed by atoms with Crippen molar-refractivity contribution in [3.8, 4) is 5.75 Å². The first-order valence-corrected chi connectivity index (χ1v) is 8.41. The van der Waals surface area contributed by atoms with Crippen molar-refractivity contribution in [2.75, 3.05) is 19.7 Å². The van der Waals surface area contributed by atoms with Gasteiger partial charge in [0, 0.05) is 25.6 Å². The molecular weight excluding hydrogens is 360 g/mol. The van der Waals surface area contributed by atoms with E-state index in [4.69, 9.17) is 9.84 Å². The van der Waals surface area contributed by atoms with Gasteiger partial charge in [-0.05, 0) is 19.4 Å². The molecule has 2 unspecified atom stereocenters. The van der Waals surface area contributed by atoms with Gasteiger partial charge in [0.15, 0.2) is 0 Å². The van der Waals surface area contributed by atoms with Gasteiger partial charge in [-0.3, -0.25) is 14.4 Å². The summed E-state index contributed by atoms with van der Waals surface area (Å²) in [5.41, 5.74) is 0.738. The molecule has 7 nitrogen and oxygen atoms in total. The van der Waals surface area contributed by atoms with Gasteiger partial charge in [-0.2, -0.15) is 0 Å². The summed E-state index contributed by atoms with van der Waals surface area (Å²) in [4.78, 5) is 36.8. The standard InChI is InChI=1S/C18H24N2O5.ClH/c1-3-25-16-7-5-4-6-14(16)15(19-12(2)21)10-17(22)20-9-8-13(11-20)18(23)24;/h4-7,13,15H,3,8-11H2,1-2H3,(H,19,21)(H,23,24);1H. The van der Waals surface area contributed by atoms with Gasteiger partial charge in [0.25, 0.3) is 0 Å². The largest absolute Gasteiger partial charge is 0.494 e. The highest BCUT2D eigenvalue weighted by Gasteiger charge is 2.32. The lowest BCUT2D eigenvalue weighted by Crippen LogP contribution is -2.35. The van der Waals surface area contributed by atoms with Crippen molar-refractivity contribution in [2.45, 2.75) is 32.7 Å². The number of benzene rings is 1. The van der Waals surface area contributed by atoms with Crippen LogP contribution in [0.25, 0.3) is 0 Å². The van der Waals surface area contributed by atoms with E-state index in [1.54, 1.807) is 11.0 Å². The Morgan fingerprint density at radius 2 is 2.04 bits per heavy atom. The van der Waals surface area contributed by atoms with Crippen LogP contribution < -0.4 is 10.1 Å². The average Bonchev–Trinajstić information content (AvgIpc) is 3.05. The van der Waals surface area contributed by atoms with E-state index in [1.807, 2.05) is 25.1 Å². The van der Waals surface area contributed by atoms with E-state index in [2.05, 4.69) is 5.32 Å². The maximum absolute atomic E-state index is 12.6. The van der Waals surface area contributed by atoms with E-state index in [0.717, 1.165) is 5.56 Å². The number of carbonyl (C=O) groups is 3. The maximum Gasteiger partial charge on any atom is 0.308 e. The fourth-order valence-electron chi connectivity index (χ4n) is 3.03. The van der Waals surface area contributed by atoms with Gasteiger partial charge < -0.3 is 20.1 Å². The van der Waals surface area contributed by atoms with Crippen LogP contribution in [0.4, 0.5) is 0 Å². The first-order valence-electron chi connectivity index (χ1n) is 8.41. The smallest absolute Gasteiger partial charge is 0.308 e. The lowest BCUT2D eigenvalue weighted by atomic mass is 10.0. The van der Waals surface area contributed by atoms with Gasteiger partial charge in [-0.15, -0.1) is 12.4 Å². The lowest BCUT2D eigenvalue weighted by Gasteiger charge is -2.23. The van der Waals surface area contributed by atoms with Crippen molar-refractivity contribution < 1.29 is 24.2 Å². The van der Waals surface area contributed by atoms with Crippen molar-refractivity contribution in [1.82, 2.24) is 10.2 Å². The maximum atomic E-state index is 12.6. The Balaban J connectivity index is 0.00000338. The zero-order valence-corrected chi connectivity index (χ0v) is 15.8. The molecule has 0 saturated carbocycles. The number of ether oxygens (including phenoxy) is 1. The second-order valence-corrected chi connectivity index (χ2v) is 6.09. The Morgan fingerprint density at radius 1 is 1.35 bits per heavy atom. The molecule has 1 heterocycles. The summed E-state index contributed by atoms with van der Waals surface area (Å²) in [6.45, 7) is 4.39. The van der Waals surface area contributed by atoms with Crippen LogP contribution in [-0.2, 0) is 14.4 Å². The van der Waals surface area contributed by atoms with Crippen LogP contribution >= 0.6 is 12.4 Å². The minimum Gasteiger partial charge on any atom is -0.494 e. The second-order valence-electron chi connectivity index (χ2n) is 6.09. The quantitative estimate of drug-likeness (QED) is 0.749. The minimum absolute atomic E-state index is 0. The van der Waals surface area contributed by atoms with E-state index >= 15 is 0 Å². The van der Waals surface area contributed by atoms with E-state index in [1.165, 1.54) is 6.92 Å². The molecule has 1 fully saturated rings. The van der Waals surface area contributed by atoms with E-state index < -0.39 is 17.9 Å². The van der Waals surface area contributed by atoms with Crippen LogP contribution in [0.5, 0.6) is 5.75 Å². The van der Waals surface area contributed by atoms with Gasteiger partial charge in [0.05, 0.1) is 25.0 Å². The van der Waals surface area contributed by atoms with Gasteiger partial charge in [-0.1, -0.05) is 18.2 Å². The molecule has 8 heteroatoms. The molecule has 1 saturated heterocycles. The molecular formula is C18H25ClN2O5. The van der Waals surface area contributed by atoms with Crippen LogP contribution in [0, 0.1) is 5.92 Å². The normalized spacial score (nSPS) is 17.2. The number of para-hydroxylation sites is 1. The van der Waals surface area contributed by atoms with Crippen molar-refractivity contribution in [2.24, 2.45) is 5.92 Å². The molecule has 0 aromatic heterocycles. The van der Waals surface area contributed by atoms with Crippen molar-refractivity contribution in [3.63, 3.8) is 0 Å². The molecule has 2 N–H and O–H groups in total. The number of aliphatic carboxylic acids is 1. The number of carbonyl (C=O) groups excluding carboxylic acids is 2. The molecule has 0 radical (unpaired) electrons. The Morgan fingerprint density at radius 3 is 2.62 bits per heavy atom. The number of nitrogens with zero attached hydrogens (tertiary/aromatic N) is 1. The number of halogens is 1. The Hall–Kier alpha value is -2.28. The predicted octanol–water partition coefficient (Wildman–Crippen LogP) is 2.01. The van der Waals surface area contributed by atoms with Gasteiger partial charge >= 0.3 is 5.97 Å². The van der Waals surface area contributed by atoms with E-state index in [0.29, 0.717) is 25.3 Å². The molecule has 1 aromatic carbocycles. The summed E-state index contributed by atoms with van der Waals surface area (Å²) >= 11 is 0. The lowest BCUT2D eigenvalue weighted by molar-refractivity contribution is -0.141. The monoisotopic (exact) mass is 384 g/mol. The number of hydrogen-bond donors (Lipinski definition) is 2. The molecule has 26 heavy (non-hydrogen) atoms. The molecule has 0 aliphatic carbocycles. The number of hydrogen-bond acceptors (Lipinski definition) is 4. The molecule has 1 aliphatic heterocycles. The Bertz CT molecular complexity index is 652. The summed E-state index contributed by atoms with van der Waals surface area (Å²) in [6.07, 6.45) is 0.525. The SMILES string of the molecule is CCOc1ccccc1C(CC(=O)N1CCC(C(=O)O)C1)NC(C)=O.Cl. The summed E-state index contributed by atoms with van der Waals surface area (Å²) in [6, 6.07) is 6.76. The molecule has 1 aliphatic rings. The molecule has 1 aromatic rings. The minimum atomic E-state index is -0.879.